The molecule has 0 saturated heterocycles. The van der Waals surface area contributed by atoms with Gasteiger partial charge in [0.1, 0.15) is 5.69 Å². The Balaban J connectivity index is 2.27. The molecule has 6 heteroatoms. The van der Waals surface area contributed by atoms with E-state index in [2.05, 4.69) is 5.32 Å². The lowest BCUT2D eigenvalue weighted by molar-refractivity contribution is 0.160. The molecular formula is C16H21N3O3. The Morgan fingerprint density at radius 2 is 1.95 bits per heavy atom. The maximum absolute atomic E-state index is 12.5. The van der Waals surface area contributed by atoms with Gasteiger partial charge in [0.05, 0.1) is 18.0 Å². The second-order valence-corrected chi connectivity index (χ2v) is 5.05. The molecule has 0 spiro atoms. The number of carbonyl (C=O) groups is 1. The first-order valence-corrected chi connectivity index (χ1v) is 7.34. The molecule has 1 aromatic carbocycles. The van der Waals surface area contributed by atoms with Crippen LogP contribution in [0, 0.1) is 6.92 Å². The molecule has 0 fully saturated rings. The van der Waals surface area contributed by atoms with Gasteiger partial charge in [0.15, 0.2) is 0 Å². The molecule has 1 heterocycles. The van der Waals surface area contributed by atoms with Gasteiger partial charge in [-0.25, -0.2) is 9.48 Å². The summed E-state index contributed by atoms with van der Waals surface area (Å²) in [5, 5.41) is 2.55. The Hall–Kier alpha value is -2.50. The number of nitrogens with zero attached hydrogens (tertiary/aromatic N) is 2. The molecule has 2 aromatic rings. The molecule has 6 nitrogen and oxygen atoms in total. The van der Waals surface area contributed by atoms with E-state index < -0.39 is 6.09 Å². The summed E-state index contributed by atoms with van der Waals surface area (Å²) in [6.07, 6.45) is 1.15. The summed E-state index contributed by atoms with van der Waals surface area (Å²) >= 11 is 0. The van der Waals surface area contributed by atoms with Crippen LogP contribution in [-0.2, 0) is 11.8 Å². The van der Waals surface area contributed by atoms with Gasteiger partial charge in [-0.3, -0.25) is 14.8 Å². The van der Waals surface area contributed by atoms with Gasteiger partial charge in [-0.2, -0.15) is 0 Å². The molecule has 0 bridgehead atoms. The number of nitrogens with one attached hydrogen (secondary N) is 1. The summed E-state index contributed by atoms with van der Waals surface area (Å²) in [5.74, 6) is 0. The minimum atomic E-state index is -0.598. The van der Waals surface area contributed by atoms with E-state index in [1.807, 2.05) is 37.3 Å². The zero-order chi connectivity index (χ0) is 16.1. The van der Waals surface area contributed by atoms with Gasteiger partial charge >= 0.3 is 6.09 Å². The van der Waals surface area contributed by atoms with Crippen molar-refractivity contribution in [2.75, 3.05) is 11.9 Å². The van der Waals surface area contributed by atoms with E-state index in [-0.39, 0.29) is 11.2 Å². The van der Waals surface area contributed by atoms with E-state index in [0.29, 0.717) is 12.3 Å². The molecule has 0 aliphatic carbocycles. The molecule has 1 aromatic heterocycles. The van der Waals surface area contributed by atoms with Crippen LogP contribution in [0.3, 0.4) is 0 Å². The highest BCUT2D eigenvalue weighted by atomic mass is 16.5. The first-order chi connectivity index (χ1) is 10.6. The van der Waals surface area contributed by atoms with Crippen molar-refractivity contribution < 1.29 is 9.53 Å². The van der Waals surface area contributed by atoms with E-state index in [1.54, 1.807) is 18.7 Å². The molecule has 0 aliphatic rings. The Bertz CT molecular complexity index is 701. The van der Waals surface area contributed by atoms with Gasteiger partial charge in [-0.15, -0.1) is 0 Å². The lowest BCUT2D eigenvalue weighted by Crippen LogP contribution is -2.23. The molecule has 0 radical (unpaired) electrons. The Morgan fingerprint density at radius 1 is 1.27 bits per heavy atom. The molecule has 0 saturated carbocycles. The number of aromatic nitrogens is 2. The molecule has 0 atom stereocenters. The molecule has 1 amide bonds. The molecule has 0 aliphatic heterocycles. The molecule has 1 N–H and O–H groups in total. The third-order valence-corrected chi connectivity index (χ3v) is 3.51. The van der Waals surface area contributed by atoms with Crippen molar-refractivity contribution in [1.29, 1.82) is 0 Å². The number of rotatable bonds is 5. The van der Waals surface area contributed by atoms with Gasteiger partial charge < -0.3 is 4.74 Å². The largest absolute Gasteiger partial charge is 0.449 e. The fourth-order valence-corrected chi connectivity index (χ4v) is 2.16. The highest BCUT2D eigenvalue weighted by Crippen LogP contribution is 2.14. The number of para-hydroxylation sites is 1. The number of unbranched alkanes of at least 4 members (excludes halogenated alkanes) is 1. The maximum atomic E-state index is 12.5. The van der Waals surface area contributed by atoms with E-state index in [4.69, 9.17) is 4.74 Å². The number of carbonyl (C=O) groups excluding carboxylic acids is 1. The average molecular weight is 303 g/mol. The SMILES string of the molecule is CCCCOC(=O)Nc1c(C)n(C)n(-c2ccccc2)c1=O. The predicted molar refractivity (Wildman–Crippen MR) is 85.6 cm³/mol. The van der Waals surface area contributed by atoms with E-state index in [0.717, 1.165) is 18.5 Å². The summed E-state index contributed by atoms with van der Waals surface area (Å²) in [5.41, 5.74) is 1.37. The average Bonchev–Trinajstić information content (AvgIpc) is 2.72. The van der Waals surface area contributed by atoms with E-state index in [9.17, 15) is 9.59 Å². The van der Waals surface area contributed by atoms with Crippen LogP contribution in [0.4, 0.5) is 10.5 Å². The van der Waals surface area contributed by atoms with Crippen molar-refractivity contribution in [3.05, 3.63) is 46.4 Å². The molecule has 22 heavy (non-hydrogen) atoms. The van der Waals surface area contributed by atoms with Crippen LogP contribution < -0.4 is 10.9 Å². The minimum Gasteiger partial charge on any atom is -0.449 e. The molecule has 0 unspecified atom stereocenters. The van der Waals surface area contributed by atoms with Crippen LogP contribution in [0.2, 0.25) is 0 Å². The van der Waals surface area contributed by atoms with E-state index in [1.165, 1.54) is 4.68 Å². The number of hydrogen-bond acceptors (Lipinski definition) is 3. The van der Waals surface area contributed by atoms with Crippen molar-refractivity contribution in [2.24, 2.45) is 7.05 Å². The third kappa shape index (κ3) is 3.21. The molecule has 118 valence electrons. The van der Waals surface area contributed by atoms with Crippen LogP contribution in [0.5, 0.6) is 0 Å². The van der Waals surface area contributed by atoms with Crippen LogP contribution in [0.1, 0.15) is 25.5 Å². The van der Waals surface area contributed by atoms with Crippen molar-refractivity contribution in [2.45, 2.75) is 26.7 Å². The van der Waals surface area contributed by atoms with Crippen LogP contribution >= 0.6 is 0 Å². The normalized spacial score (nSPS) is 10.5. The fourth-order valence-electron chi connectivity index (χ4n) is 2.16. The van der Waals surface area contributed by atoms with Gasteiger partial charge in [-0.1, -0.05) is 31.5 Å². The Labute approximate surface area is 129 Å². The van der Waals surface area contributed by atoms with Crippen LogP contribution in [-0.4, -0.2) is 22.1 Å². The lowest BCUT2D eigenvalue weighted by Gasteiger charge is -2.07. The standard InChI is InChI=1S/C16H21N3O3/c1-4-5-11-22-16(21)17-14-12(2)18(3)19(15(14)20)13-9-7-6-8-10-13/h6-10H,4-5,11H2,1-3H3,(H,17,21). The summed E-state index contributed by atoms with van der Waals surface area (Å²) in [7, 11) is 1.78. The summed E-state index contributed by atoms with van der Waals surface area (Å²) in [4.78, 5) is 24.3. The highest BCUT2D eigenvalue weighted by molar-refractivity contribution is 5.85. The third-order valence-electron chi connectivity index (χ3n) is 3.51. The topological polar surface area (TPSA) is 65.3 Å². The van der Waals surface area contributed by atoms with Gasteiger partial charge in [0.25, 0.3) is 5.56 Å². The monoisotopic (exact) mass is 303 g/mol. The second kappa shape index (κ2) is 6.98. The Morgan fingerprint density at radius 3 is 2.59 bits per heavy atom. The maximum Gasteiger partial charge on any atom is 0.411 e. The highest BCUT2D eigenvalue weighted by Gasteiger charge is 2.18. The first-order valence-electron chi connectivity index (χ1n) is 7.34. The van der Waals surface area contributed by atoms with Crippen LogP contribution in [0.15, 0.2) is 35.1 Å². The zero-order valence-corrected chi connectivity index (χ0v) is 13.1. The number of benzene rings is 1. The lowest BCUT2D eigenvalue weighted by atomic mass is 10.3. The minimum absolute atomic E-state index is 0.243. The van der Waals surface area contributed by atoms with Crippen LogP contribution in [0.25, 0.3) is 5.69 Å². The molecular weight excluding hydrogens is 282 g/mol. The zero-order valence-electron chi connectivity index (χ0n) is 13.1. The summed E-state index contributed by atoms with van der Waals surface area (Å²) < 4.78 is 8.26. The fraction of sp³-hybridized carbons (Fsp3) is 0.375. The Kier molecular flexibility index (Phi) is 5.04. The van der Waals surface area contributed by atoms with E-state index >= 15 is 0 Å². The summed E-state index contributed by atoms with van der Waals surface area (Å²) in [6, 6.07) is 9.27. The second-order valence-electron chi connectivity index (χ2n) is 5.05. The van der Waals surface area contributed by atoms with Gasteiger partial charge in [-0.05, 0) is 25.5 Å². The van der Waals surface area contributed by atoms with Crippen molar-refractivity contribution in [3.8, 4) is 5.69 Å². The van der Waals surface area contributed by atoms with Crippen molar-refractivity contribution in [3.63, 3.8) is 0 Å². The van der Waals surface area contributed by atoms with Crippen molar-refractivity contribution in [1.82, 2.24) is 9.36 Å². The first kappa shape index (κ1) is 15.9. The number of hydrogen-bond donors (Lipinski definition) is 1. The molecule has 2 rings (SSSR count). The number of amides is 1. The van der Waals surface area contributed by atoms with Gasteiger partial charge in [0.2, 0.25) is 0 Å². The number of anilines is 1. The quantitative estimate of drug-likeness (QED) is 0.864. The predicted octanol–water partition coefficient (Wildman–Crippen LogP) is 2.83. The summed E-state index contributed by atoms with van der Waals surface area (Å²) in [6.45, 7) is 4.14. The number of ether oxygens (including phenoxy) is 1. The van der Waals surface area contributed by atoms with Gasteiger partial charge in [0, 0.05) is 7.05 Å². The van der Waals surface area contributed by atoms with Crippen molar-refractivity contribution >= 4 is 11.8 Å². The smallest absolute Gasteiger partial charge is 0.411 e.